The van der Waals surface area contributed by atoms with Gasteiger partial charge in [0.1, 0.15) is 12.6 Å². The third-order valence-electron chi connectivity index (χ3n) is 7.18. The van der Waals surface area contributed by atoms with E-state index in [0.717, 1.165) is 35.6 Å². The van der Waals surface area contributed by atoms with Gasteiger partial charge in [-0.1, -0.05) is 65.8 Å². The fourth-order valence-corrected chi connectivity index (χ4v) is 6.71. The van der Waals surface area contributed by atoms with Crippen molar-refractivity contribution in [3.8, 4) is 0 Å². The maximum absolute atomic E-state index is 14.0. The van der Waals surface area contributed by atoms with Crippen LogP contribution in [0.1, 0.15) is 43.7 Å². The number of nitrogens with zero attached hydrogens (tertiary/aromatic N) is 2. The Balaban J connectivity index is 1.70. The number of amides is 2. The first-order chi connectivity index (χ1) is 19.5. The average Bonchev–Trinajstić information content (AvgIpc) is 3.45. The molecule has 1 aliphatic carbocycles. The molecule has 3 aromatic carbocycles. The molecular weight excluding hydrogens is 605 g/mol. The lowest BCUT2D eigenvalue weighted by molar-refractivity contribution is -0.139. The second kappa shape index (κ2) is 13.5. The van der Waals surface area contributed by atoms with E-state index in [4.69, 9.17) is 34.8 Å². The zero-order valence-corrected chi connectivity index (χ0v) is 25.9. The van der Waals surface area contributed by atoms with E-state index in [0.29, 0.717) is 26.3 Å². The van der Waals surface area contributed by atoms with Gasteiger partial charge >= 0.3 is 0 Å². The summed E-state index contributed by atoms with van der Waals surface area (Å²) in [6, 6.07) is 16.8. The number of halogens is 3. The largest absolute Gasteiger partial charge is 0.352 e. The van der Waals surface area contributed by atoms with Crippen LogP contribution in [0.15, 0.2) is 71.6 Å². The number of carbonyl (C=O) groups excluding carboxylic acids is 2. The minimum absolute atomic E-state index is 0.0146. The molecule has 1 fully saturated rings. The summed E-state index contributed by atoms with van der Waals surface area (Å²) in [7, 11) is -4.18. The summed E-state index contributed by atoms with van der Waals surface area (Å²) < 4.78 is 28.8. The highest BCUT2D eigenvalue weighted by Crippen LogP contribution is 2.28. The Morgan fingerprint density at radius 1 is 0.951 bits per heavy atom. The zero-order chi connectivity index (χ0) is 29.7. The minimum Gasteiger partial charge on any atom is -0.352 e. The third kappa shape index (κ3) is 7.74. The number of sulfonamides is 1. The van der Waals surface area contributed by atoms with E-state index >= 15 is 0 Å². The molecule has 1 N–H and O–H groups in total. The topological polar surface area (TPSA) is 86.8 Å². The highest BCUT2D eigenvalue weighted by molar-refractivity contribution is 7.92. The lowest BCUT2D eigenvalue weighted by Gasteiger charge is -2.32. The Labute approximate surface area is 256 Å². The van der Waals surface area contributed by atoms with Crippen molar-refractivity contribution in [1.29, 1.82) is 0 Å². The fourth-order valence-electron chi connectivity index (χ4n) is 4.85. The normalized spacial score (nSPS) is 14.5. The molecular formula is C30H32Cl3N3O4S. The van der Waals surface area contributed by atoms with Crippen LogP contribution in [0.25, 0.3) is 0 Å². The number of anilines is 1. The number of hydrogen-bond acceptors (Lipinski definition) is 4. The molecule has 0 aliphatic heterocycles. The standard InChI is InChI=1S/C30H32Cl3N3O4S/c1-20-6-5-9-25(16-20)36(41(39,40)26-13-11-23(31)12-14-26)19-29(37)35(18-22-10-15-27(32)28(33)17-22)21(2)30(38)34-24-7-3-4-8-24/h5-6,9-17,21,24H,3-4,7-8,18-19H2,1-2H3,(H,34,38)/t21-/m1/s1. The summed E-state index contributed by atoms with van der Waals surface area (Å²) in [4.78, 5) is 28.7. The highest BCUT2D eigenvalue weighted by Gasteiger charge is 2.33. The van der Waals surface area contributed by atoms with E-state index in [1.54, 1.807) is 43.3 Å². The lowest BCUT2D eigenvalue weighted by Crippen LogP contribution is -2.52. The molecule has 0 heterocycles. The van der Waals surface area contributed by atoms with Crippen LogP contribution < -0.4 is 9.62 Å². The molecule has 7 nitrogen and oxygen atoms in total. The summed E-state index contributed by atoms with van der Waals surface area (Å²) in [5.41, 5.74) is 1.80. The molecule has 2 amide bonds. The number of aryl methyl sites for hydroxylation is 1. The monoisotopic (exact) mass is 635 g/mol. The van der Waals surface area contributed by atoms with Crippen LogP contribution in [0, 0.1) is 6.92 Å². The van der Waals surface area contributed by atoms with Gasteiger partial charge in [0, 0.05) is 17.6 Å². The Morgan fingerprint density at radius 2 is 1.63 bits per heavy atom. The Morgan fingerprint density at radius 3 is 2.27 bits per heavy atom. The van der Waals surface area contributed by atoms with Gasteiger partial charge in [0.15, 0.2) is 0 Å². The molecule has 0 spiro atoms. The van der Waals surface area contributed by atoms with E-state index in [2.05, 4.69) is 5.32 Å². The molecule has 0 saturated heterocycles. The highest BCUT2D eigenvalue weighted by atomic mass is 35.5. The summed E-state index contributed by atoms with van der Waals surface area (Å²) in [5, 5.41) is 4.11. The van der Waals surface area contributed by atoms with Crippen LogP contribution in [-0.4, -0.2) is 43.8 Å². The molecule has 0 radical (unpaired) electrons. The van der Waals surface area contributed by atoms with Gasteiger partial charge in [-0.3, -0.25) is 13.9 Å². The van der Waals surface area contributed by atoms with Crippen LogP contribution >= 0.6 is 34.8 Å². The molecule has 4 rings (SSSR count). The first-order valence-corrected chi connectivity index (χ1v) is 15.9. The predicted molar refractivity (Wildman–Crippen MR) is 164 cm³/mol. The number of benzene rings is 3. The summed E-state index contributed by atoms with van der Waals surface area (Å²) in [6.07, 6.45) is 3.86. The maximum atomic E-state index is 14.0. The minimum atomic E-state index is -4.18. The van der Waals surface area contributed by atoms with Crippen LogP contribution in [0.5, 0.6) is 0 Å². The van der Waals surface area contributed by atoms with E-state index in [1.807, 2.05) is 13.0 Å². The molecule has 41 heavy (non-hydrogen) atoms. The van der Waals surface area contributed by atoms with Crippen molar-refractivity contribution in [3.63, 3.8) is 0 Å². The molecule has 1 aliphatic rings. The Hall–Kier alpha value is -2.78. The van der Waals surface area contributed by atoms with Crippen molar-refractivity contribution in [2.45, 2.75) is 63.1 Å². The maximum Gasteiger partial charge on any atom is 0.264 e. The quantitative estimate of drug-likeness (QED) is 0.271. The Bertz CT molecular complexity index is 1510. The molecule has 1 atom stereocenters. The molecule has 3 aromatic rings. The van der Waals surface area contributed by atoms with E-state index in [-0.39, 0.29) is 23.4 Å². The molecule has 218 valence electrons. The number of hydrogen-bond donors (Lipinski definition) is 1. The molecule has 1 saturated carbocycles. The van der Waals surface area contributed by atoms with Crippen LogP contribution in [0.2, 0.25) is 15.1 Å². The SMILES string of the molecule is Cc1cccc(N(CC(=O)N(Cc2ccc(Cl)c(Cl)c2)[C@H](C)C(=O)NC2CCCC2)S(=O)(=O)c2ccc(Cl)cc2)c1. The summed E-state index contributed by atoms with van der Waals surface area (Å²) >= 11 is 18.3. The van der Waals surface area contributed by atoms with E-state index in [1.165, 1.54) is 29.2 Å². The van der Waals surface area contributed by atoms with Crippen molar-refractivity contribution in [3.05, 3.63) is 92.9 Å². The van der Waals surface area contributed by atoms with Gasteiger partial charge in [-0.2, -0.15) is 0 Å². The van der Waals surface area contributed by atoms with Gasteiger partial charge in [-0.05, 0) is 86.3 Å². The molecule has 0 unspecified atom stereocenters. The van der Waals surface area contributed by atoms with Gasteiger partial charge in [0.2, 0.25) is 11.8 Å². The van der Waals surface area contributed by atoms with Crippen LogP contribution in [-0.2, 0) is 26.2 Å². The van der Waals surface area contributed by atoms with E-state index in [9.17, 15) is 18.0 Å². The van der Waals surface area contributed by atoms with Gasteiger partial charge in [0.25, 0.3) is 10.0 Å². The predicted octanol–water partition coefficient (Wildman–Crippen LogP) is 6.63. The first kappa shape index (κ1) is 31.2. The van der Waals surface area contributed by atoms with Crippen molar-refractivity contribution in [2.24, 2.45) is 0 Å². The molecule has 11 heteroatoms. The van der Waals surface area contributed by atoms with Crippen molar-refractivity contribution < 1.29 is 18.0 Å². The average molecular weight is 637 g/mol. The second-order valence-electron chi connectivity index (χ2n) is 10.2. The van der Waals surface area contributed by atoms with Gasteiger partial charge in [-0.25, -0.2) is 8.42 Å². The van der Waals surface area contributed by atoms with Crippen molar-refractivity contribution in [2.75, 3.05) is 10.8 Å². The van der Waals surface area contributed by atoms with Crippen LogP contribution in [0.4, 0.5) is 5.69 Å². The van der Waals surface area contributed by atoms with Gasteiger partial charge in [-0.15, -0.1) is 0 Å². The van der Waals surface area contributed by atoms with Gasteiger partial charge < -0.3 is 10.2 Å². The number of carbonyl (C=O) groups is 2. The van der Waals surface area contributed by atoms with Gasteiger partial charge in [0.05, 0.1) is 20.6 Å². The number of rotatable bonds is 10. The first-order valence-electron chi connectivity index (χ1n) is 13.3. The number of nitrogens with one attached hydrogen (secondary N) is 1. The smallest absolute Gasteiger partial charge is 0.264 e. The third-order valence-corrected chi connectivity index (χ3v) is 9.96. The van der Waals surface area contributed by atoms with E-state index < -0.39 is 28.5 Å². The summed E-state index contributed by atoms with van der Waals surface area (Å²) in [6.45, 7) is 2.98. The second-order valence-corrected chi connectivity index (χ2v) is 13.4. The zero-order valence-electron chi connectivity index (χ0n) is 22.8. The lowest BCUT2D eigenvalue weighted by atomic mass is 10.1. The molecule has 0 bridgehead atoms. The van der Waals surface area contributed by atoms with Crippen molar-refractivity contribution in [1.82, 2.24) is 10.2 Å². The van der Waals surface area contributed by atoms with Crippen LogP contribution in [0.3, 0.4) is 0 Å². The summed E-state index contributed by atoms with van der Waals surface area (Å²) in [5.74, 6) is -0.850. The van der Waals surface area contributed by atoms with Crippen molar-refractivity contribution >= 4 is 62.3 Å². The fraction of sp³-hybridized carbons (Fsp3) is 0.333. The Kier molecular flexibility index (Phi) is 10.2. The molecule has 0 aromatic heterocycles.